The summed E-state index contributed by atoms with van der Waals surface area (Å²) in [5.41, 5.74) is 4.24. The molecule has 0 unspecified atom stereocenters. The molecule has 0 bridgehead atoms. The van der Waals surface area contributed by atoms with Crippen molar-refractivity contribution in [3.63, 3.8) is 0 Å². The molecule has 3 aromatic carbocycles. The predicted molar refractivity (Wildman–Crippen MR) is 116 cm³/mol. The number of hydrazone groups is 1. The van der Waals surface area contributed by atoms with Gasteiger partial charge in [-0.1, -0.05) is 67.6 Å². The van der Waals surface area contributed by atoms with E-state index in [4.69, 9.17) is 0 Å². The van der Waals surface area contributed by atoms with Gasteiger partial charge in [0.25, 0.3) is 5.69 Å². The van der Waals surface area contributed by atoms with Crippen molar-refractivity contribution < 1.29 is 9.85 Å². The molecule has 8 heteroatoms. The van der Waals surface area contributed by atoms with E-state index in [1.807, 2.05) is 43.3 Å². The summed E-state index contributed by atoms with van der Waals surface area (Å²) in [7, 11) is 0. The van der Waals surface area contributed by atoms with Gasteiger partial charge >= 0.3 is 5.69 Å². The van der Waals surface area contributed by atoms with Gasteiger partial charge in [-0.15, -0.1) is 0 Å². The van der Waals surface area contributed by atoms with Gasteiger partial charge in [0, 0.05) is 24.1 Å². The van der Waals surface area contributed by atoms with Gasteiger partial charge in [-0.05, 0) is 17.2 Å². The van der Waals surface area contributed by atoms with Crippen molar-refractivity contribution in [2.45, 2.75) is 12.8 Å². The molecule has 1 N–H and O–H groups in total. The predicted octanol–water partition coefficient (Wildman–Crippen LogP) is 5.37. The van der Waals surface area contributed by atoms with Crippen LogP contribution < -0.4 is 5.43 Å². The van der Waals surface area contributed by atoms with Gasteiger partial charge in [-0.3, -0.25) is 25.7 Å². The maximum Gasteiger partial charge on any atom is 0.301 e. The monoisotopic (exact) mass is 404 g/mol. The van der Waals surface area contributed by atoms with Crippen molar-refractivity contribution in [2.75, 3.05) is 5.43 Å². The van der Waals surface area contributed by atoms with Crippen molar-refractivity contribution >= 4 is 23.3 Å². The number of nitro groups is 2. The van der Waals surface area contributed by atoms with Gasteiger partial charge in [0.2, 0.25) is 0 Å². The van der Waals surface area contributed by atoms with Crippen molar-refractivity contribution in [1.29, 1.82) is 0 Å². The minimum absolute atomic E-state index is 0.0283. The number of hydrogen-bond acceptors (Lipinski definition) is 6. The van der Waals surface area contributed by atoms with Gasteiger partial charge in [0.15, 0.2) is 0 Å². The summed E-state index contributed by atoms with van der Waals surface area (Å²) < 4.78 is 0. The number of non-ortho nitro benzene ring substituents is 1. The highest BCUT2D eigenvalue weighted by molar-refractivity contribution is 5.69. The lowest BCUT2D eigenvalue weighted by Gasteiger charge is -2.22. The molecule has 1 atom stereocenters. The third-order valence-electron chi connectivity index (χ3n) is 4.73. The molecule has 30 heavy (non-hydrogen) atoms. The summed E-state index contributed by atoms with van der Waals surface area (Å²) in [6, 6.07) is 23.4. The van der Waals surface area contributed by atoms with Crippen LogP contribution in [0, 0.1) is 26.1 Å². The van der Waals surface area contributed by atoms with E-state index >= 15 is 0 Å². The average Bonchev–Trinajstić information content (AvgIpc) is 2.75. The lowest BCUT2D eigenvalue weighted by atomic mass is 9.82. The quantitative estimate of drug-likeness (QED) is 0.308. The molecule has 0 aliphatic carbocycles. The van der Waals surface area contributed by atoms with E-state index in [-0.39, 0.29) is 23.2 Å². The fraction of sp³-hybridized carbons (Fsp3) is 0.136. The van der Waals surface area contributed by atoms with Crippen molar-refractivity contribution in [2.24, 2.45) is 11.0 Å². The molecule has 0 aliphatic heterocycles. The SMILES string of the molecule is C[C@@H](/C=N\Nc1ccc([N+](=O)[O-])cc1[N+](=O)[O-])C(c1ccccc1)c1ccccc1. The molecule has 0 saturated heterocycles. The molecule has 0 spiro atoms. The highest BCUT2D eigenvalue weighted by Crippen LogP contribution is 2.32. The molecule has 0 fully saturated rings. The molecule has 152 valence electrons. The fourth-order valence-electron chi connectivity index (χ4n) is 3.31. The maximum absolute atomic E-state index is 11.3. The van der Waals surface area contributed by atoms with E-state index in [1.165, 1.54) is 12.1 Å². The number of hydrogen-bond donors (Lipinski definition) is 1. The van der Waals surface area contributed by atoms with Gasteiger partial charge in [0.05, 0.1) is 15.9 Å². The van der Waals surface area contributed by atoms with Crippen LogP contribution >= 0.6 is 0 Å². The number of rotatable bonds is 8. The molecule has 0 radical (unpaired) electrons. The first-order chi connectivity index (χ1) is 14.5. The number of nitro benzene ring substituents is 2. The Morgan fingerprint density at radius 2 is 1.43 bits per heavy atom. The van der Waals surface area contributed by atoms with Gasteiger partial charge in [-0.2, -0.15) is 5.10 Å². The van der Waals surface area contributed by atoms with E-state index in [0.29, 0.717) is 0 Å². The highest BCUT2D eigenvalue weighted by atomic mass is 16.6. The first-order valence-corrected chi connectivity index (χ1v) is 9.29. The lowest BCUT2D eigenvalue weighted by Crippen LogP contribution is -2.13. The zero-order valence-electron chi connectivity index (χ0n) is 16.2. The molecule has 0 heterocycles. The van der Waals surface area contributed by atoms with E-state index in [1.54, 1.807) is 6.21 Å². The standard InChI is InChI=1S/C22H20N4O4/c1-16(22(17-8-4-2-5-9-17)18-10-6-3-7-11-18)15-23-24-20-13-12-19(25(27)28)14-21(20)26(29)30/h2-16,22,24H,1H3/b23-15-/t16-/m0/s1. The molecule has 0 amide bonds. The number of nitrogens with one attached hydrogen (secondary N) is 1. The summed E-state index contributed by atoms with van der Waals surface area (Å²) in [5.74, 6) is 0.0178. The third-order valence-corrected chi connectivity index (χ3v) is 4.73. The van der Waals surface area contributed by atoms with Crippen molar-refractivity contribution in [3.8, 4) is 0 Å². The Morgan fingerprint density at radius 3 is 1.93 bits per heavy atom. The number of benzene rings is 3. The Morgan fingerprint density at radius 1 is 0.867 bits per heavy atom. The Labute approximate surface area is 173 Å². The smallest absolute Gasteiger partial charge is 0.272 e. The van der Waals surface area contributed by atoms with Crippen molar-refractivity contribution in [3.05, 3.63) is 110 Å². The van der Waals surface area contributed by atoms with Crippen LogP contribution in [0.15, 0.2) is 84.0 Å². The molecule has 8 nitrogen and oxygen atoms in total. The minimum atomic E-state index is -0.676. The maximum atomic E-state index is 11.3. The molecule has 3 rings (SSSR count). The summed E-state index contributed by atoms with van der Waals surface area (Å²) in [6.45, 7) is 2.01. The molecule has 0 aromatic heterocycles. The van der Waals surface area contributed by atoms with Gasteiger partial charge in [0.1, 0.15) is 5.69 Å². The summed E-state index contributed by atoms with van der Waals surface area (Å²) in [4.78, 5) is 20.8. The fourth-order valence-corrected chi connectivity index (χ4v) is 3.31. The van der Waals surface area contributed by atoms with Crippen LogP contribution in [0.1, 0.15) is 24.0 Å². The zero-order valence-corrected chi connectivity index (χ0v) is 16.2. The molecule has 0 aliphatic rings. The van der Waals surface area contributed by atoms with Gasteiger partial charge < -0.3 is 0 Å². The zero-order chi connectivity index (χ0) is 21.5. The van der Waals surface area contributed by atoms with Crippen LogP contribution in [0.4, 0.5) is 17.1 Å². The number of anilines is 1. The second kappa shape index (κ2) is 9.42. The van der Waals surface area contributed by atoms with E-state index in [0.717, 1.165) is 17.2 Å². The second-order valence-electron chi connectivity index (χ2n) is 6.76. The van der Waals surface area contributed by atoms with Crippen LogP contribution in [-0.4, -0.2) is 16.1 Å². The Bertz CT molecular complexity index is 1020. The van der Waals surface area contributed by atoms with Crippen LogP contribution in [0.5, 0.6) is 0 Å². The molecular formula is C22H20N4O4. The number of nitrogens with zero attached hydrogens (tertiary/aromatic N) is 3. The van der Waals surface area contributed by atoms with E-state index in [2.05, 4.69) is 34.8 Å². The Kier molecular flexibility index (Phi) is 6.49. The van der Waals surface area contributed by atoms with Gasteiger partial charge in [-0.25, -0.2) is 0 Å². The summed E-state index contributed by atoms with van der Waals surface area (Å²) in [5, 5.41) is 26.3. The minimum Gasteiger partial charge on any atom is -0.272 e. The van der Waals surface area contributed by atoms with E-state index < -0.39 is 15.5 Å². The second-order valence-corrected chi connectivity index (χ2v) is 6.76. The largest absolute Gasteiger partial charge is 0.301 e. The van der Waals surface area contributed by atoms with Crippen LogP contribution in [-0.2, 0) is 0 Å². The third kappa shape index (κ3) is 4.85. The molecular weight excluding hydrogens is 384 g/mol. The normalized spacial score (nSPS) is 12.1. The Balaban J connectivity index is 1.84. The summed E-state index contributed by atoms with van der Waals surface area (Å²) in [6.07, 6.45) is 1.69. The van der Waals surface area contributed by atoms with Crippen LogP contribution in [0.2, 0.25) is 0 Å². The Hall–Kier alpha value is -4.07. The molecule has 0 saturated carbocycles. The first kappa shape index (κ1) is 20.7. The summed E-state index contributed by atoms with van der Waals surface area (Å²) >= 11 is 0. The topological polar surface area (TPSA) is 111 Å². The first-order valence-electron chi connectivity index (χ1n) is 9.29. The van der Waals surface area contributed by atoms with Crippen LogP contribution in [0.3, 0.4) is 0 Å². The highest BCUT2D eigenvalue weighted by Gasteiger charge is 2.21. The molecule has 3 aromatic rings. The van der Waals surface area contributed by atoms with E-state index in [9.17, 15) is 20.2 Å². The van der Waals surface area contributed by atoms with Crippen LogP contribution in [0.25, 0.3) is 0 Å². The average molecular weight is 404 g/mol. The lowest BCUT2D eigenvalue weighted by molar-refractivity contribution is -0.393. The van der Waals surface area contributed by atoms with Crippen molar-refractivity contribution in [1.82, 2.24) is 0 Å².